The molecule has 0 heterocycles. The van der Waals surface area contributed by atoms with E-state index in [2.05, 4.69) is 13.8 Å². The molecule has 0 aromatic heterocycles. The van der Waals surface area contributed by atoms with Crippen LogP contribution in [0, 0.1) is 0 Å². The fraction of sp³-hybridized carbons (Fsp3) is 0.929. The summed E-state index contributed by atoms with van der Waals surface area (Å²) in [5, 5.41) is 0. The van der Waals surface area contributed by atoms with Crippen LogP contribution in [0.15, 0.2) is 12.2 Å². The Kier molecular flexibility index (Phi) is 52.6. The average molecular weight is 845 g/mol. The SMILES string of the molecule is CCCCCCCCCCCCCCCCCCOC(=O)C=CCCCCCCCCCCCCCCCCC(=O)OCCCCCCCCCCCCCCCCCC. The van der Waals surface area contributed by atoms with Crippen LogP contribution in [-0.2, 0) is 19.1 Å². The maximum atomic E-state index is 12.1. The maximum Gasteiger partial charge on any atom is 0.330 e. The Morgan fingerprint density at radius 3 is 0.867 bits per heavy atom. The Morgan fingerprint density at radius 1 is 0.300 bits per heavy atom. The number of hydrogen-bond acceptors (Lipinski definition) is 4. The highest BCUT2D eigenvalue weighted by Gasteiger charge is 2.03. The number of carbonyl (C=O) groups is 2. The molecule has 0 aliphatic rings. The number of rotatable bonds is 52. The lowest BCUT2D eigenvalue weighted by molar-refractivity contribution is -0.144. The van der Waals surface area contributed by atoms with Gasteiger partial charge in [-0.15, -0.1) is 0 Å². The van der Waals surface area contributed by atoms with Crippen LogP contribution in [0.3, 0.4) is 0 Å². The third kappa shape index (κ3) is 52.8. The zero-order valence-electron chi connectivity index (χ0n) is 41.1. The van der Waals surface area contributed by atoms with Gasteiger partial charge in [0, 0.05) is 12.5 Å². The van der Waals surface area contributed by atoms with Crippen molar-refractivity contribution in [3.63, 3.8) is 0 Å². The van der Waals surface area contributed by atoms with Crippen LogP contribution >= 0.6 is 0 Å². The van der Waals surface area contributed by atoms with Crippen molar-refractivity contribution in [1.82, 2.24) is 0 Å². The number of ether oxygens (including phenoxy) is 2. The maximum absolute atomic E-state index is 12.1. The summed E-state index contributed by atoms with van der Waals surface area (Å²) in [6.07, 6.45) is 66.8. The van der Waals surface area contributed by atoms with E-state index >= 15 is 0 Å². The highest BCUT2D eigenvalue weighted by Crippen LogP contribution is 2.17. The molecule has 0 rings (SSSR count). The van der Waals surface area contributed by atoms with Gasteiger partial charge < -0.3 is 9.47 Å². The molecule has 0 atom stereocenters. The minimum atomic E-state index is -0.163. The zero-order valence-corrected chi connectivity index (χ0v) is 41.1. The number of allylic oxidation sites excluding steroid dienone is 1. The van der Waals surface area contributed by atoms with E-state index in [1.165, 1.54) is 270 Å². The third-order valence-electron chi connectivity index (χ3n) is 12.8. The highest BCUT2D eigenvalue weighted by atomic mass is 16.5. The lowest BCUT2D eigenvalue weighted by atomic mass is 10.0. The molecule has 0 spiro atoms. The quantitative estimate of drug-likeness (QED) is 0.0348. The van der Waals surface area contributed by atoms with Gasteiger partial charge in [-0.1, -0.05) is 290 Å². The van der Waals surface area contributed by atoms with Crippen molar-refractivity contribution in [2.24, 2.45) is 0 Å². The summed E-state index contributed by atoms with van der Waals surface area (Å²) in [6.45, 7) is 5.77. The molecule has 0 unspecified atom stereocenters. The number of hydrogen-bond donors (Lipinski definition) is 0. The van der Waals surface area contributed by atoms with Gasteiger partial charge in [-0.25, -0.2) is 4.79 Å². The standard InChI is InChI=1S/C56H108O4/c1-3-5-7-9-11-13-15-17-19-25-29-33-37-41-45-49-53-59-55(57)51-47-43-39-35-31-27-23-21-22-24-28-32-36-40-44-48-52-56(58)60-54-50-46-42-38-34-30-26-20-18-16-14-12-10-8-6-4-2/h47,51H,3-46,48-50,52-54H2,1-2H3. The van der Waals surface area contributed by atoms with Gasteiger partial charge >= 0.3 is 11.9 Å². The molecule has 0 amide bonds. The van der Waals surface area contributed by atoms with Crippen molar-refractivity contribution in [3.8, 4) is 0 Å². The Hall–Kier alpha value is -1.32. The normalized spacial score (nSPS) is 11.6. The first kappa shape index (κ1) is 58.7. The summed E-state index contributed by atoms with van der Waals surface area (Å²) in [7, 11) is 0. The first-order valence-corrected chi connectivity index (χ1v) is 27.7. The Morgan fingerprint density at radius 2 is 0.550 bits per heavy atom. The second kappa shape index (κ2) is 53.8. The van der Waals surface area contributed by atoms with Crippen molar-refractivity contribution >= 4 is 11.9 Å². The third-order valence-corrected chi connectivity index (χ3v) is 12.8. The number of esters is 2. The molecule has 0 aromatic rings. The number of unbranched alkanes of at least 4 members (excludes halogenated alkanes) is 44. The molecule has 0 saturated heterocycles. The van der Waals surface area contributed by atoms with Crippen LogP contribution in [0.1, 0.15) is 322 Å². The predicted molar refractivity (Wildman–Crippen MR) is 264 cm³/mol. The van der Waals surface area contributed by atoms with Crippen LogP contribution < -0.4 is 0 Å². The smallest absolute Gasteiger partial charge is 0.330 e. The Labute approximate surface area is 377 Å². The fourth-order valence-electron chi connectivity index (χ4n) is 8.61. The average Bonchev–Trinajstić information content (AvgIpc) is 3.25. The monoisotopic (exact) mass is 845 g/mol. The molecule has 0 saturated carbocycles. The Balaban J connectivity index is 3.24. The van der Waals surface area contributed by atoms with E-state index in [0.29, 0.717) is 19.6 Å². The number of carbonyl (C=O) groups excluding carboxylic acids is 2. The van der Waals surface area contributed by atoms with E-state index in [-0.39, 0.29) is 11.9 Å². The van der Waals surface area contributed by atoms with Crippen LogP contribution in [0.25, 0.3) is 0 Å². The Bertz CT molecular complexity index is 852. The molecule has 60 heavy (non-hydrogen) atoms. The van der Waals surface area contributed by atoms with Gasteiger partial charge in [0.25, 0.3) is 0 Å². The van der Waals surface area contributed by atoms with Crippen LogP contribution in [0.5, 0.6) is 0 Å². The minimum absolute atomic E-state index is 0.0144. The van der Waals surface area contributed by atoms with Gasteiger partial charge in [-0.2, -0.15) is 0 Å². The van der Waals surface area contributed by atoms with E-state index < -0.39 is 0 Å². The van der Waals surface area contributed by atoms with Gasteiger partial charge in [0.2, 0.25) is 0 Å². The van der Waals surface area contributed by atoms with E-state index in [1.54, 1.807) is 6.08 Å². The molecular weight excluding hydrogens is 737 g/mol. The van der Waals surface area contributed by atoms with E-state index in [0.717, 1.165) is 32.1 Å². The molecule has 0 aromatic carbocycles. The second-order valence-corrected chi connectivity index (χ2v) is 18.9. The van der Waals surface area contributed by atoms with Crippen LogP contribution in [0.2, 0.25) is 0 Å². The van der Waals surface area contributed by atoms with Gasteiger partial charge in [0.05, 0.1) is 13.2 Å². The van der Waals surface area contributed by atoms with Crippen molar-refractivity contribution in [1.29, 1.82) is 0 Å². The summed E-state index contributed by atoms with van der Waals surface area (Å²) < 4.78 is 10.9. The summed E-state index contributed by atoms with van der Waals surface area (Å²) >= 11 is 0. The zero-order chi connectivity index (χ0) is 43.3. The first-order chi connectivity index (χ1) is 29.7. The van der Waals surface area contributed by atoms with Crippen molar-refractivity contribution in [3.05, 3.63) is 12.2 Å². The molecule has 0 bridgehead atoms. The summed E-state index contributed by atoms with van der Waals surface area (Å²) in [4.78, 5) is 24.0. The predicted octanol–water partition coefficient (Wildman–Crippen LogP) is 19.4. The molecule has 356 valence electrons. The summed E-state index contributed by atoms with van der Waals surface area (Å²) in [5.41, 5.74) is 0. The largest absolute Gasteiger partial charge is 0.466 e. The molecule has 4 heteroatoms. The van der Waals surface area contributed by atoms with Gasteiger partial charge in [0.1, 0.15) is 0 Å². The molecular formula is C56H108O4. The van der Waals surface area contributed by atoms with Crippen molar-refractivity contribution in [2.45, 2.75) is 322 Å². The molecule has 0 aliphatic heterocycles. The van der Waals surface area contributed by atoms with Gasteiger partial charge in [-0.3, -0.25) is 4.79 Å². The highest BCUT2D eigenvalue weighted by molar-refractivity contribution is 5.81. The molecule has 0 radical (unpaired) electrons. The fourth-order valence-corrected chi connectivity index (χ4v) is 8.61. The minimum Gasteiger partial charge on any atom is -0.466 e. The van der Waals surface area contributed by atoms with Crippen LogP contribution in [0.4, 0.5) is 0 Å². The summed E-state index contributed by atoms with van der Waals surface area (Å²) in [5.74, 6) is -0.149. The molecule has 0 fully saturated rings. The van der Waals surface area contributed by atoms with E-state index in [9.17, 15) is 9.59 Å². The first-order valence-electron chi connectivity index (χ1n) is 27.7. The second-order valence-electron chi connectivity index (χ2n) is 18.9. The summed E-state index contributed by atoms with van der Waals surface area (Å²) in [6, 6.07) is 0. The lowest BCUT2D eigenvalue weighted by Crippen LogP contribution is -2.05. The molecule has 0 aliphatic carbocycles. The van der Waals surface area contributed by atoms with Gasteiger partial charge in [-0.05, 0) is 32.1 Å². The van der Waals surface area contributed by atoms with Gasteiger partial charge in [0.15, 0.2) is 0 Å². The lowest BCUT2D eigenvalue weighted by Gasteiger charge is -2.06. The molecule has 0 N–H and O–H groups in total. The van der Waals surface area contributed by atoms with Crippen LogP contribution in [-0.4, -0.2) is 25.2 Å². The van der Waals surface area contributed by atoms with Crippen molar-refractivity contribution in [2.75, 3.05) is 13.2 Å². The van der Waals surface area contributed by atoms with E-state index in [4.69, 9.17) is 9.47 Å². The topological polar surface area (TPSA) is 52.6 Å². The van der Waals surface area contributed by atoms with Crippen molar-refractivity contribution < 1.29 is 19.1 Å². The van der Waals surface area contributed by atoms with E-state index in [1.807, 2.05) is 6.08 Å². The molecule has 4 nitrogen and oxygen atoms in total.